The van der Waals surface area contributed by atoms with Crippen molar-refractivity contribution in [1.82, 2.24) is 10.1 Å². The molecule has 1 atom stereocenters. The number of aryl methyl sites for hydroxylation is 4. The van der Waals surface area contributed by atoms with Gasteiger partial charge < -0.3 is 9.84 Å². The summed E-state index contributed by atoms with van der Waals surface area (Å²) in [6.45, 7) is 10.1. The number of hydrogen-bond acceptors (Lipinski definition) is 5. The van der Waals surface area contributed by atoms with Crippen molar-refractivity contribution < 1.29 is 4.52 Å². The quantitative estimate of drug-likeness (QED) is 0.906. The van der Waals surface area contributed by atoms with E-state index in [1.807, 2.05) is 20.8 Å². The first-order chi connectivity index (χ1) is 7.99. The fourth-order valence-corrected chi connectivity index (χ4v) is 2.80. The third-order valence-electron chi connectivity index (χ3n) is 2.89. The second-order valence-corrected chi connectivity index (χ2v) is 5.47. The standard InChI is InChI=1S/C12H17N3OS/c1-6-10(5)17-12(13-6)14-7(2)11-8(3)15-16-9(11)4/h7H,1-5H3,(H,13,14). The number of hydrogen-bond donors (Lipinski definition) is 1. The average molecular weight is 251 g/mol. The van der Waals surface area contributed by atoms with E-state index in [1.54, 1.807) is 11.3 Å². The zero-order valence-corrected chi connectivity index (χ0v) is 11.6. The molecule has 2 aromatic rings. The lowest BCUT2D eigenvalue weighted by Gasteiger charge is -2.12. The summed E-state index contributed by atoms with van der Waals surface area (Å²) >= 11 is 1.68. The van der Waals surface area contributed by atoms with Gasteiger partial charge in [-0.3, -0.25) is 0 Å². The SMILES string of the molecule is Cc1nc(NC(C)c2c(C)noc2C)sc1C. The Hall–Kier alpha value is -1.36. The second kappa shape index (κ2) is 4.49. The molecule has 0 aliphatic rings. The Morgan fingerprint density at radius 3 is 2.35 bits per heavy atom. The highest BCUT2D eigenvalue weighted by Gasteiger charge is 2.17. The molecule has 0 aromatic carbocycles. The molecule has 4 nitrogen and oxygen atoms in total. The van der Waals surface area contributed by atoms with Crippen LogP contribution in [0.4, 0.5) is 5.13 Å². The molecule has 0 fully saturated rings. The smallest absolute Gasteiger partial charge is 0.183 e. The molecular formula is C12H17N3OS. The van der Waals surface area contributed by atoms with Crippen LogP contribution in [0.15, 0.2) is 4.52 Å². The highest BCUT2D eigenvalue weighted by molar-refractivity contribution is 7.15. The maximum Gasteiger partial charge on any atom is 0.183 e. The van der Waals surface area contributed by atoms with Crippen LogP contribution in [0.25, 0.3) is 0 Å². The number of rotatable bonds is 3. The van der Waals surface area contributed by atoms with Gasteiger partial charge in [-0.25, -0.2) is 4.98 Å². The molecule has 1 N–H and O–H groups in total. The summed E-state index contributed by atoms with van der Waals surface area (Å²) in [4.78, 5) is 5.72. The van der Waals surface area contributed by atoms with Gasteiger partial charge in [0.15, 0.2) is 5.13 Å². The first-order valence-electron chi connectivity index (χ1n) is 5.62. The minimum atomic E-state index is 0.159. The van der Waals surface area contributed by atoms with Crippen LogP contribution >= 0.6 is 11.3 Å². The summed E-state index contributed by atoms with van der Waals surface area (Å²) in [6.07, 6.45) is 0. The lowest BCUT2D eigenvalue weighted by atomic mass is 10.1. The molecule has 0 spiro atoms. The zero-order valence-electron chi connectivity index (χ0n) is 10.8. The number of nitrogens with one attached hydrogen (secondary N) is 1. The normalized spacial score (nSPS) is 12.8. The fraction of sp³-hybridized carbons (Fsp3) is 0.500. The van der Waals surface area contributed by atoms with Gasteiger partial charge in [0.2, 0.25) is 0 Å². The van der Waals surface area contributed by atoms with E-state index in [0.29, 0.717) is 0 Å². The van der Waals surface area contributed by atoms with Crippen LogP contribution in [0.5, 0.6) is 0 Å². The molecule has 0 bridgehead atoms. The predicted molar refractivity (Wildman–Crippen MR) is 69.6 cm³/mol. The first kappa shape index (κ1) is 12.1. The highest BCUT2D eigenvalue weighted by Crippen LogP contribution is 2.28. The molecule has 1 unspecified atom stereocenters. The lowest BCUT2D eigenvalue weighted by molar-refractivity contribution is 0.392. The highest BCUT2D eigenvalue weighted by atomic mass is 32.1. The monoisotopic (exact) mass is 251 g/mol. The van der Waals surface area contributed by atoms with E-state index in [9.17, 15) is 0 Å². The topological polar surface area (TPSA) is 51.0 Å². The van der Waals surface area contributed by atoms with Crippen molar-refractivity contribution in [3.05, 3.63) is 27.6 Å². The van der Waals surface area contributed by atoms with Gasteiger partial charge in [-0.05, 0) is 34.6 Å². The molecule has 0 amide bonds. The Labute approximate surface area is 105 Å². The minimum Gasteiger partial charge on any atom is -0.361 e. The molecule has 2 rings (SSSR count). The molecular weight excluding hydrogens is 234 g/mol. The largest absolute Gasteiger partial charge is 0.361 e. The first-order valence-corrected chi connectivity index (χ1v) is 6.44. The van der Waals surface area contributed by atoms with Crippen molar-refractivity contribution in [3.63, 3.8) is 0 Å². The summed E-state index contributed by atoms with van der Waals surface area (Å²) in [5, 5.41) is 8.32. The molecule has 0 saturated heterocycles. The van der Waals surface area contributed by atoms with Gasteiger partial charge in [-0.15, -0.1) is 11.3 Å². The molecule has 0 saturated carbocycles. The van der Waals surface area contributed by atoms with E-state index in [-0.39, 0.29) is 6.04 Å². The molecule has 17 heavy (non-hydrogen) atoms. The predicted octanol–water partition coefficient (Wildman–Crippen LogP) is 3.54. The van der Waals surface area contributed by atoms with Gasteiger partial charge in [-0.1, -0.05) is 5.16 Å². The van der Waals surface area contributed by atoms with Crippen LogP contribution in [-0.4, -0.2) is 10.1 Å². The van der Waals surface area contributed by atoms with Crippen molar-refractivity contribution in [3.8, 4) is 0 Å². The lowest BCUT2D eigenvalue weighted by Crippen LogP contribution is -2.08. The molecule has 0 aliphatic heterocycles. The molecule has 92 valence electrons. The third kappa shape index (κ3) is 2.34. The summed E-state index contributed by atoms with van der Waals surface area (Å²) < 4.78 is 5.18. The van der Waals surface area contributed by atoms with Crippen molar-refractivity contribution in [1.29, 1.82) is 0 Å². The van der Waals surface area contributed by atoms with Crippen LogP contribution in [0, 0.1) is 27.7 Å². The minimum absolute atomic E-state index is 0.159. The van der Waals surface area contributed by atoms with Crippen LogP contribution in [0.1, 0.15) is 40.6 Å². The van der Waals surface area contributed by atoms with Gasteiger partial charge in [0, 0.05) is 10.4 Å². The van der Waals surface area contributed by atoms with E-state index in [0.717, 1.165) is 27.8 Å². The van der Waals surface area contributed by atoms with E-state index < -0.39 is 0 Å². The average Bonchev–Trinajstić information content (AvgIpc) is 2.72. The number of aromatic nitrogens is 2. The van der Waals surface area contributed by atoms with Gasteiger partial charge >= 0.3 is 0 Å². The van der Waals surface area contributed by atoms with Gasteiger partial charge in [0.1, 0.15) is 5.76 Å². The van der Waals surface area contributed by atoms with Crippen molar-refractivity contribution in [2.75, 3.05) is 5.32 Å². The van der Waals surface area contributed by atoms with E-state index in [4.69, 9.17) is 4.52 Å². The van der Waals surface area contributed by atoms with Crippen LogP contribution in [0.3, 0.4) is 0 Å². The molecule has 0 aliphatic carbocycles. The summed E-state index contributed by atoms with van der Waals surface area (Å²) in [6, 6.07) is 0.159. The summed E-state index contributed by atoms with van der Waals surface area (Å²) in [5.74, 6) is 0.868. The molecule has 5 heteroatoms. The Kier molecular flexibility index (Phi) is 3.19. The zero-order chi connectivity index (χ0) is 12.6. The number of nitrogens with zero attached hydrogens (tertiary/aromatic N) is 2. The Balaban J connectivity index is 2.19. The molecule has 2 heterocycles. The van der Waals surface area contributed by atoms with Gasteiger partial charge in [0.05, 0.1) is 17.4 Å². The van der Waals surface area contributed by atoms with Crippen LogP contribution in [-0.2, 0) is 0 Å². The third-order valence-corrected chi connectivity index (χ3v) is 3.89. The van der Waals surface area contributed by atoms with Gasteiger partial charge in [0.25, 0.3) is 0 Å². The van der Waals surface area contributed by atoms with E-state index >= 15 is 0 Å². The summed E-state index contributed by atoms with van der Waals surface area (Å²) in [5.41, 5.74) is 3.14. The second-order valence-electron chi connectivity index (χ2n) is 4.26. The Bertz CT molecular complexity index is 491. The number of thiazole rings is 1. The van der Waals surface area contributed by atoms with Crippen molar-refractivity contribution >= 4 is 16.5 Å². The maximum absolute atomic E-state index is 5.18. The van der Waals surface area contributed by atoms with E-state index in [1.165, 1.54) is 4.88 Å². The molecule has 2 aromatic heterocycles. The maximum atomic E-state index is 5.18. The fourth-order valence-electron chi connectivity index (χ4n) is 1.90. The van der Waals surface area contributed by atoms with Crippen molar-refractivity contribution in [2.24, 2.45) is 0 Å². The van der Waals surface area contributed by atoms with Gasteiger partial charge in [-0.2, -0.15) is 0 Å². The van der Waals surface area contributed by atoms with Crippen molar-refractivity contribution in [2.45, 2.75) is 40.7 Å². The van der Waals surface area contributed by atoms with Crippen LogP contribution in [0.2, 0.25) is 0 Å². The van der Waals surface area contributed by atoms with Crippen LogP contribution < -0.4 is 5.32 Å². The Morgan fingerprint density at radius 2 is 1.88 bits per heavy atom. The number of anilines is 1. The molecule has 0 radical (unpaired) electrons. The summed E-state index contributed by atoms with van der Waals surface area (Å²) in [7, 11) is 0. The Morgan fingerprint density at radius 1 is 1.18 bits per heavy atom. The van der Waals surface area contributed by atoms with E-state index in [2.05, 4.69) is 29.3 Å².